The number of ether oxygens (including phenoxy) is 1. The van der Waals surface area contributed by atoms with Crippen molar-refractivity contribution in [1.29, 1.82) is 0 Å². The predicted molar refractivity (Wildman–Crippen MR) is 156 cm³/mol. The Morgan fingerprint density at radius 1 is 1.35 bits per heavy atom. The Balaban J connectivity index is 1.57. The molecule has 1 aliphatic heterocycles. The molecule has 1 amide bonds. The molecule has 232 valence electrons. The zero-order valence-corrected chi connectivity index (χ0v) is 24.2. The number of nitrogens with zero attached hydrogens (tertiary/aromatic N) is 5. The number of piperidine rings is 1. The Morgan fingerprint density at radius 2 is 2.14 bits per heavy atom. The van der Waals surface area contributed by atoms with Gasteiger partial charge in [0.25, 0.3) is 5.91 Å². The first-order chi connectivity index (χ1) is 20.5. The number of rotatable bonds is 12. The largest absolute Gasteiger partial charge is 0.406 e. The van der Waals surface area contributed by atoms with Crippen molar-refractivity contribution in [3.63, 3.8) is 0 Å². The number of nitrogens with one attached hydrogen (secondary N) is 2. The molecule has 1 saturated heterocycles. The second-order valence-electron chi connectivity index (χ2n) is 10.3. The highest BCUT2D eigenvalue weighted by Crippen LogP contribution is 2.35. The number of likely N-dealkylation sites (tertiary alicyclic amines) is 1. The molecule has 43 heavy (non-hydrogen) atoms. The topological polar surface area (TPSA) is 110 Å². The summed E-state index contributed by atoms with van der Waals surface area (Å²) in [5.41, 5.74) is 1.72. The molecule has 0 radical (unpaired) electrons. The fourth-order valence-electron chi connectivity index (χ4n) is 4.85. The lowest BCUT2D eigenvalue weighted by Gasteiger charge is -2.33. The van der Waals surface area contributed by atoms with Crippen molar-refractivity contribution in [2.24, 2.45) is 4.99 Å². The summed E-state index contributed by atoms with van der Waals surface area (Å²) in [4.78, 5) is 23.1. The van der Waals surface area contributed by atoms with E-state index in [1.165, 1.54) is 12.1 Å². The Labute approximate surface area is 246 Å². The lowest BCUT2D eigenvalue weighted by Crippen LogP contribution is -2.46. The van der Waals surface area contributed by atoms with Crippen LogP contribution in [0.2, 0.25) is 0 Å². The maximum Gasteiger partial charge on any atom is 0.406 e. The summed E-state index contributed by atoms with van der Waals surface area (Å²) in [7, 11) is 3.41. The Morgan fingerprint density at radius 3 is 2.84 bits per heavy atom. The van der Waals surface area contributed by atoms with Crippen LogP contribution < -0.4 is 10.6 Å². The lowest BCUT2D eigenvalue weighted by atomic mass is 10.0. The van der Waals surface area contributed by atoms with E-state index < -0.39 is 30.8 Å². The second-order valence-corrected chi connectivity index (χ2v) is 10.3. The smallest absolute Gasteiger partial charge is 0.383 e. The minimum Gasteiger partial charge on any atom is -0.383 e. The summed E-state index contributed by atoms with van der Waals surface area (Å²) in [5, 5.41) is 10.2. The summed E-state index contributed by atoms with van der Waals surface area (Å²) >= 11 is 0. The molecular weight excluding hydrogens is 570 g/mol. The standard InChI is InChI=1S/C29H35F4N7O3/c1-5-19(13-18(2)34-10-12-42-4)28(41)35-15-26-37-27(38-43-26)25-14-20-22(36-23-9-11-39(3)16-21(23)30)7-6-8-24(20)40(25)17-29(31,32)33/h5-8,13-14,21,23,36H,1,9-12,15-17H2,2-4H3,(H,35,41)/b19-13+,34-18-. The van der Waals surface area contributed by atoms with Crippen LogP contribution in [0, 0.1) is 0 Å². The molecule has 0 aliphatic carbocycles. The summed E-state index contributed by atoms with van der Waals surface area (Å²) in [6.07, 6.45) is -2.19. The highest BCUT2D eigenvalue weighted by Gasteiger charge is 2.32. The number of alkyl halides is 4. The van der Waals surface area contributed by atoms with Crippen molar-refractivity contribution in [1.82, 2.24) is 24.9 Å². The first-order valence-corrected chi connectivity index (χ1v) is 13.7. The molecule has 0 bridgehead atoms. The van der Waals surface area contributed by atoms with Gasteiger partial charge in [-0.2, -0.15) is 18.2 Å². The van der Waals surface area contributed by atoms with Gasteiger partial charge in [0.05, 0.1) is 36.9 Å². The zero-order chi connectivity index (χ0) is 31.1. The summed E-state index contributed by atoms with van der Waals surface area (Å²) in [5.74, 6) is -0.567. The van der Waals surface area contributed by atoms with Gasteiger partial charge in [-0.1, -0.05) is 23.9 Å². The normalized spacial score (nSPS) is 18.7. The van der Waals surface area contributed by atoms with Gasteiger partial charge in [-0.05, 0) is 44.7 Å². The molecule has 2 atom stereocenters. The third-order valence-corrected chi connectivity index (χ3v) is 6.97. The number of anilines is 1. The van der Waals surface area contributed by atoms with Gasteiger partial charge in [-0.15, -0.1) is 0 Å². The number of allylic oxidation sites excluding steroid dienone is 1. The molecule has 3 aromatic rings. The first kappa shape index (κ1) is 31.9. The fourth-order valence-corrected chi connectivity index (χ4v) is 4.85. The van der Waals surface area contributed by atoms with Crippen molar-refractivity contribution >= 4 is 28.2 Å². The van der Waals surface area contributed by atoms with Crippen molar-refractivity contribution in [3.05, 3.63) is 54.5 Å². The third kappa shape index (κ3) is 8.29. The third-order valence-electron chi connectivity index (χ3n) is 6.97. The Kier molecular flexibility index (Phi) is 10.3. The number of carbonyl (C=O) groups is 1. The molecule has 1 aromatic carbocycles. The number of amides is 1. The Bertz CT molecular complexity index is 1490. The van der Waals surface area contributed by atoms with Crippen molar-refractivity contribution in [3.8, 4) is 11.5 Å². The van der Waals surface area contributed by atoms with E-state index in [0.29, 0.717) is 42.9 Å². The summed E-state index contributed by atoms with van der Waals surface area (Å²) in [6.45, 7) is 5.77. The van der Waals surface area contributed by atoms with Gasteiger partial charge in [0.1, 0.15) is 12.7 Å². The van der Waals surface area contributed by atoms with Crippen molar-refractivity contribution in [2.45, 2.75) is 44.8 Å². The zero-order valence-electron chi connectivity index (χ0n) is 24.2. The lowest BCUT2D eigenvalue weighted by molar-refractivity contribution is -0.139. The van der Waals surface area contributed by atoms with Crippen LogP contribution in [0.3, 0.4) is 0 Å². The highest BCUT2D eigenvalue weighted by atomic mass is 19.4. The molecule has 0 saturated carbocycles. The number of hydrogen-bond donors (Lipinski definition) is 2. The van der Waals surface area contributed by atoms with Gasteiger partial charge in [0.2, 0.25) is 11.7 Å². The Hall–Kier alpha value is -4.04. The van der Waals surface area contributed by atoms with Crippen LogP contribution in [0.15, 0.2) is 58.1 Å². The molecule has 14 heteroatoms. The number of fused-ring (bicyclic) bond motifs is 1. The molecular formula is C29H35F4N7O3. The molecule has 2 aromatic heterocycles. The molecule has 2 unspecified atom stereocenters. The van der Waals surface area contributed by atoms with Gasteiger partial charge in [-0.25, -0.2) is 4.39 Å². The van der Waals surface area contributed by atoms with Crippen LogP contribution in [-0.4, -0.2) is 90.0 Å². The summed E-state index contributed by atoms with van der Waals surface area (Å²) in [6, 6.07) is 5.94. The van der Waals surface area contributed by atoms with Gasteiger partial charge in [0.15, 0.2) is 0 Å². The number of carbonyl (C=O) groups excluding carboxylic acids is 1. The van der Waals surface area contributed by atoms with Crippen LogP contribution in [0.1, 0.15) is 19.2 Å². The number of hydrogen-bond acceptors (Lipinski definition) is 8. The monoisotopic (exact) mass is 605 g/mol. The average molecular weight is 606 g/mol. The van der Waals surface area contributed by atoms with Crippen LogP contribution in [-0.2, 0) is 22.6 Å². The van der Waals surface area contributed by atoms with E-state index in [9.17, 15) is 22.4 Å². The van der Waals surface area contributed by atoms with E-state index in [-0.39, 0.29) is 41.6 Å². The van der Waals surface area contributed by atoms with Gasteiger partial charge in [0, 0.05) is 42.6 Å². The molecule has 3 heterocycles. The maximum absolute atomic E-state index is 14.7. The van der Waals surface area contributed by atoms with Crippen LogP contribution in [0.25, 0.3) is 22.4 Å². The minimum atomic E-state index is -4.54. The number of benzene rings is 1. The quantitative estimate of drug-likeness (QED) is 0.103. The van der Waals surface area contributed by atoms with Gasteiger partial charge in [-0.3, -0.25) is 9.79 Å². The minimum absolute atomic E-state index is 0.00833. The molecule has 10 nitrogen and oxygen atoms in total. The molecule has 4 rings (SSSR count). The number of methoxy groups -OCH3 is 1. The molecule has 0 spiro atoms. The number of aliphatic imine (C=N–C) groups is 1. The fraction of sp³-hybridized carbons (Fsp3) is 0.448. The number of aromatic nitrogens is 3. The van der Waals surface area contributed by atoms with Gasteiger partial charge >= 0.3 is 6.18 Å². The van der Waals surface area contributed by atoms with Crippen LogP contribution in [0.4, 0.5) is 23.2 Å². The van der Waals surface area contributed by atoms with Gasteiger partial charge < -0.3 is 29.4 Å². The summed E-state index contributed by atoms with van der Waals surface area (Å²) < 4.78 is 67.0. The van der Waals surface area contributed by atoms with E-state index in [4.69, 9.17) is 9.26 Å². The van der Waals surface area contributed by atoms with Crippen LogP contribution >= 0.6 is 0 Å². The first-order valence-electron chi connectivity index (χ1n) is 13.7. The number of halogens is 4. The van der Waals surface area contributed by atoms with Crippen LogP contribution in [0.5, 0.6) is 0 Å². The van der Waals surface area contributed by atoms with Crippen molar-refractivity contribution < 1.29 is 31.6 Å². The van der Waals surface area contributed by atoms with E-state index in [1.807, 2.05) is 11.9 Å². The molecule has 1 aliphatic rings. The van der Waals surface area contributed by atoms with E-state index in [0.717, 1.165) is 4.57 Å². The van der Waals surface area contributed by atoms with Crippen molar-refractivity contribution in [2.75, 3.05) is 45.7 Å². The molecule has 2 N–H and O–H groups in total. The highest BCUT2D eigenvalue weighted by molar-refractivity contribution is 6.04. The average Bonchev–Trinajstić information content (AvgIpc) is 3.56. The maximum atomic E-state index is 14.7. The van der Waals surface area contributed by atoms with E-state index >= 15 is 0 Å². The van der Waals surface area contributed by atoms with E-state index in [2.05, 4.69) is 32.3 Å². The SMILES string of the molecule is C=C/C(=C\C(C)=N/CCOC)C(=O)NCc1nc(-c2cc3c(NC4CCN(C)CC4F)cccc3n2CC(F)(F)F)no1. The predicted octanol–water partition coefficient (Wildman–Crippen LogP) is 4.54. The van der Waals surface area contributed by atoms with E-state index in [1.54, 1.807) is 38.3 Å². The molecule has 1 fully saturated rings. The second kappa shape index (κ2) is 14.0.